The van der Waals surface area contributed by atoms with Crippen molar-refractivity contribution in [2.24, 2.45) is 0 Å². The molecule has 2 aromatic rings. The minimum atomic E-state index is -0.875. The Balaban J connectivity index is 1.50. The number of nitrogens with one attached hydrogen (secondary N) is 1. The summed E-state index contributed by atoms with van der Waals surface area (Å²) in [4.78, 5) is 49.7. The van der Waals surface area contributed by atoms with Gasteiger partial charge in [0.05, 0.1) is 0 Å². The Kier molecular flexibility index (Phi) is 12.2. The van der Waals surface area contributed by atoms with Crippen molar-refractivity contribution in [3.05, 3.63) is 48.2 Å². The summed E-state index contributed by atoms with van der Waals surface area (Å²) >= 11 is 0. The minimum absolute atomic E-state index is 0.110. The number of anilines is 1. The fourth-order valence-electron chi connectivity index (χ4n) is 5.20. The summed E-state index contributed by atoms with van der Waals surface area (Å²) in [6.07, 6.45) is 2.83. The van der Waals surface area contributed by atoms with Gasteiger partial charge in [-0.15, -0.1) is 0 Å². The number of methoxy groups -OCH3 is 1. The molecule has 1 N–H and O–H groups in total. The van der Waals surface area contributed by atoms with Gasteiger partial charge >= 0.3 is 216 Å². The third-order valence-electron chi connectivity index (χ3n) is 7.74. The van der Waals surface area contributed by atoms with Crippen LogP contribution in [0.25, 0.3) is 11.3 Å². The van der Waals surface area contributed by atoms with E-state index in [4.69, 9.17) is 9.47 Å². The summed E-state index contributed by atoms with van der Waals surface area (Å²) in [6.45, 7) is 5.23. The van der Waals surface area contributed by atoms with E-state index in [0.29, 0.717) is 45.0 Å². The number of amides is 3. The fourth-order valence-corrected chi connectivity index (χ4v) is 5.42. The zero-order chi connectivity index (χ0) is 30.6. The third kappa shape index (κ3) is 8.92. The number of hydrogen-bond donors (Lipinski definition) is 1. The maximum absolute atomic E-state index is 13.7. The van der Waals surface area contributed by atoms with Crippen LogP contribution in [0.1, 0.15) is 49.5 Å². The standard InChI is InChI=1S/C31H40N5O6P/c1-3-4-18-42-31(39)35-16-14-34(15-17-35)30(38)26(11-8-19-43-40)33-29(37)28-21-24(36-13-12-25(22-36)41-2)20-27(32-28)23-9-6-5-7-10-23/h5-7,9-10,20-21,25-26H,3-4,8,11-18,22H2,1-2H3,(H,33,37)/t25-,26+/m0/s1. The topological polar surface area (TPSA) is 121 Å². The Morgan fingerprint density at radius 3 is 2.51 bits per heavy atom. The molecule has 3 heterocycles. The van der Waals surface area contributed by atoms with Gasteiger partial charge in [0.2, 0.25) is 0 Å². The average molecular weight is 610 g/mol. The van der Waals surface area contributed by atoms with Crippen molar-refractivity contribution in [3.8, 4) is 16.9 Å². The molecule has 2 atom stereocenters. The summed E-state index contributed by atoms with van der Waals surface area (Å²) in [5, 5.41) is 2.89. The van der Waals surface area contributed by atoms with Gasteiger partial charge in [0.25, 0.3) is 0 Å². The van der Waals surface area contributed by atoms with Crippen molar-refractivity contribution in [3.63, 3.8) is 0 Å². The molecule has 0 radical (unpaired) electrons. The van der Waals surface area contributed by atoms with Crippen LogP contribution in [0.3, 0.4) is 0 Å². The van der Waals surface area contributed by atoms with Gasteiger partial charge in [-0.3, -0.25) is 0 Å². The van der Waals surface area contributed by atoms with Gasteiger partial charge in [0, 0.05) is 7.11 Å². The van der Waals surface area contributed by atoms with Gasteiger partial charge in [-0.1, -0.05) is 19.4 Å². The number of carbonyl (C=O) groups is 3. The van der Waals surface area contributed by atoms with Gasteiger partial charge in [-0.05, 0) is 6.42 Å². The van der Waals surface area contributed by atoms with E-state index in [1.807, 2.05) is 43.3 Å². The molecule has 2 fully saturated rings. The number of hydrogen-bond acceptors (Lipinski definition) is 8. The zero-order valence-electron chi connectivity index (χ0n) is 24.9. The van der Waals surface area contributed by atoms with E-state index < -0.39 is 11.9 Å². The average Bonchev–Trinajstić information content (AvgIpc) is 3.54. The van der Waals surface area contributed by atoms with Crippen LogP contribution in [0, 0.1) is 5.63 Å². The molecule has 0 unspecified atom stereocenters. The van der Waals surface area contributed by atoms with Crippen LogP contribution in [0.4, 0.5) is 10.5 Å². The number of unbranched alkanes of at least 4 members (excludes halogenated alkanes) is 1. The molecule has 12 heteroatoms. The van der Waals surface area contributed by atoms with E-state index in [2.05, 4.69) is 20.8 Å². The maximum atomic E-state index is 13.7. The molecule has 0 bridgehead atoms. The number of carbonyl (C=O) groups excluding carboxylic acids is 3. The monoisotopic (exact) mass is 609 g/mol. The van der Waals surface area contributed by atoms with E-state index in [0.717, 1.165) is 37.1 Å². The molecule has 230 valence electrons. The summed E-state index contributed by atoms with van der Waals surface area (Å²) in [6, 6.07) is 12.5. The van der Waals surface area contributed by atoms with Gasteiger partial charge < -0.3 is 4.74 Å². The van der Waals surface area contributed by atoms with Gasteiger partial charge in [0.15, 0.2) is 0 Å². The second-order valence-corrected chi connectivity index (χ2v) is 11.1. The number of rotatable bonds is 11. The van der Waals surface area contributed by atoms with Crippen LogP contribution in [0.5, 0.6) is 0 Å². The summed E-state index contributed by atoms with van der Waals surface area (Å²) < 4.78 is 21.9. The van der Waals surface area contributed by atoms with Crippen LogP contribution >= 0.6 is 7.92 Å². The van der Waals surface area contributed by atoms with Crippen molar-refractivity contribution in [2.75, 3.05) is 57.9 Å². The Labute approximate surface area is 254 Å². The second-order valence-electron chi connectivity index (χ2n) is 10.6. The van der Waals surface area contributed by atoms with Crippen LogP contribution < -0.4 is 10.2 Å². The normalized spacial score (nSPS) is 17.3. The molecular formula is C31H40N5O6P. The van der Waals surface area contributed by atoms with Crippen molar-refractivity contribution in [1.82, 2.24) is 20.1 Å². The van der Waals surface area contributed by atoms with Crippen LogP contribution in [0.15, 0.2) is 42.5 Å². The van der Waals surface area contributed by atoms with Crippen molar-refractivity contribution >= 4 is 31.5 Å². The van der Waals surface area contributed by atoms with Gasteiger partial charge in [-0.2, -0.15) is 0 Å². The SMILES string of the molecule is CCCCOC(=O)N1CCN(C(=O)[C@@H](CCC#P=O)NC(=O)c2cc(N3CC[C@H](OC)C3)cc(-c3ccccc3)n2)CC1. The summed E-state index contributed by atoms with van der Waals surface area (Å²) in [5.74, 6) is -0.740. The van der Waals surface area contributed by atoms with Gasteiger partial charge in [0.1, 0.15) is 0 Å². The van der Waals surface area contributed by atoms with Crippen molar-refractivity contribution in [1.29, 1.82) is 0 Å². The van der Waals surface area contributed by atoms with Crippen LogP contribution in [0.2, 0.25) is 0 Å². The Morgan fingerprint density at radius 1 is 1.09 bits per heavy atom. The fraction of sp³-hybridized carbons (Fsp3) is 0.516. The number of piperazine rings is 1. The predicted octanol–water partition coefficient (Wildman–Crippen LogP) is 4.18. The van der Waals surface area contributed by atoms with Crippen molar-refractivity contribution in [2.45, 2.75) is 51.2 Å². The zero-order valence-corrected chi connectivity index (χ0v) is 25.8. The molecule has 43 heavy (non-hydrogen) atoms. The molecule has 1 aromatic heterocycles. The quantitative estimate of drug-likeness (QED) is 0.298. The molecule has 1 aromatic carbocycles. The molecular weight excluding hydrogens is 569 g/mol. The summed E-state index contributed by atoms with van der Waals surface area (Å²) in [5.41, 5.74) is 5.26. The first kappa shape index (κ1) is 32.3. The van der Waals surface area contributed by atoms with Crippen LogP contribution in [-0.4, -0.2) is 97.8 Å². The van der Waals surface area contributed by atoms with E-state index in [-0.39, 0.29) is 44.6 Å². The Morgan fingerprint density at radius 2 is 1.84 bits per heavy atom. The first-order valence-corrected chi connectivity index (χ1v) is 15.7. The van der Waals surface area contributed by atoms with Gasteiger partial charge in [-0.25, -0.2) is 0 Å². The molecule has 11 nitrogen and oxygen atoms in total. The first-order valence-electron chi connectivity index (χ1n) is 14.8. The molecule has 2 saturated heterocycles. The van der Waals surface area contributed by atoms with Crippen LogP contribution in [-0.2, 0) is 18.8 Å². The first-order chi connectivity index (χ1) is 20.9. The third-order valence-corrected chi connectivity index (χ3v) is 8.09. The number of nitrogens with zero attached hydrogens (tertiary/aromatic N) is 4. The number of pyridine rings is 1. The second kappa shape index (κ2) is 16.3. The Bertz CT molecular complexity index is 1360. The van der Waals surface area contributed by atoms with E-state index >= 15 is 0 Å². The van der Waals surface area contributed by atoms with E-state index in [1.54, 1.807) is 23.0 Å². The molecule has 2 aliphatic heterocycles. The molecule has 0 aliphatic carbocycles. The molecule has 0 spiro atoms. The molecule has 0 saturated carbocycles. The van der Waals surface area contributed by atoms with E-state index in [9.17, 15) is 18.9 Å². The predicted molar refractivity (Wildman–Crippen MR) is 164 cm³/mol. The number of benzene rings is 1. The number of aromatic nitrogens is 1. The molecule has 4 rings (SSSR count). The number of ether oxygens (including phenoxy) is 2. The molecule has 2 aliphatic rings. The van der Waals surface area contributed by atoms with Crippen molar-refractivity contribution < 1.29 is 28.4 Å². The van der Waals surface area contributed by atoms with E-state index in [1.165, 1.54) is 0 Å². The molecule has 3 amide bonds. The summed E-state index contributed by atoms with van der Waals surface area (Å²) in [7, 11) is 1.44. The Hall–Kier alpha value is -3.65.